The largest absolute Gasteiger partial charge is 0.433 e. The number of para-hydroxylation sites is 2. The molecule has 1 aromatic rings. The Morgan fingerprint density at radius 3 is 2.95 bits per heavy atom. The molecule has 20 heavy (non-hydrogen) atoms. The lowest BCUT2D eigenvalue weighted by Crippen LogP contribution is -2.40. The highest BCUT2D eigenvalue weighted by molar-refractivity contribution is 5.78. The summed E-state index contributed by atoms with van der Waals surface area (Å²) in [6.45, 7) is -1.69. The van der Waals surface area contributed by atoms with E-state index in [1.54, 1.807) is 18.2 Å². The Hall–Kier alpha value is -1.89. The molecular formula is C13H17F2N3O2. The van der Waals surface area contributed by atoms with E-state index in [-0.39, 0.29) is 24.2 Å². The van der Waals surface area contributed by atoms with Crippen LogP contribution in [0.15, 0.2) is 24.3 Å². The molecule has 3 N–H and O–H groups in total. The lowest BCUT2D eigenvalue weighted by molar-refractivity contribution is -0.120. The summed E-state index contributed by atoms with van der Waals surface area (Å²) in [6.07, 6.45) is 0.745. The van der Waals surface area contributed by atoms with Crippen LogP contribution in [0.3, 0.4) is 0 Å². The molecular weight excluding hydrogens is 268 g/mol. The second-order valence-electron chi connectivity index (χ2n) is 4.55. The molecule has 1 aliphatic rings. The summed E-state index contributed by atoms with van der Waals surface area (Å²) in [5, 5.41) is 2.79. The zero-order valence-corrected chi connectivity index (χ0v) is 10.9. The van der Waals surface area contributed by atoms with Crippen molar-refractivity contribution in [2.24, 2.45) is 5.73 Å². The molecule has 7 heteroatoms. The number of hydrogen-bond acceptors (Lipinski definition) is 4. The van der Waals surface area contributed by atoms with Crippen LogP contribution < -0.4 is 20.7 Å². The van der Waals surface area contributed by atoms with E-state index in [2.05, 4.69) is 10.1 Å². The first-order valence-electron chi connectivity index (χ1n) is 6.38. The second kappa shape index (κ2) is 6.51. The highest BCUT2D eigenvalue weighted by Crippen LogP contribution is 2.31. The lowest BCUT2D eigenvalue weighted by Gasteiger charge is -2.21. The van der Waals surface area contributed by atoms with E-state index in [1.807, 2.05) is 4.90 Å². The standard InChI is InChI=1S/C13H17F2N3O2/c14-13(15)20-11-4-2-1-3-10(11)18-6-5-9(8-18)17-12(19)7-16/h1-4,9,13H,5-8,16H2,(H,17,19). The third-order valence-electron chi connectivity index (χ3n) is 3.16. The Labute approximate surface area is 115 Å². The molecule has 0 spiro atoms. The van der Waals surface area contributed by atoms with E-state index in [1.165, 1.54) is 6.07 Å². The van der Waals surface area contributed by atoms with E-state index in [4.69, 9.17) is 5.73 Å². The third-order valence-corrected chi connectivity index (χ3v) is 3.16. The van der Waals surface area contributed by atoms with Gasteiger partial charge in [0, 0.05) is 19.1 Å². The van der Waals surface area contributed by atoms with Gasteiger partial charge in [-0.25, -0.2) is 0 Å². The number of rotatable bonds is 5. The molecule has 2 rings (SSSR count). The number of ether oxygens (including phenoxy) is 1. The van der Waals surface area contributed by atoms with Gasteiger partial charge in [-0.3, -0.25) is 4.79 Å². The van der Waals surface area contributed by atoms with Gasteiger partial charge in [-0.2, -0.15) is 8.78 Å². The molecule has 1 heterocycles. The summed E-state index contributed by atoms with van der Waals surface area (Å²) in [5.74, 6) is -0.0673. The van der Waals surface area contributed by atoms with Crippen molar-refractivity contribution in [2.75, 3.05) is 24.5 Å². The van der Waals surface area contributed by atoms with Gasteiger partial charge in [-0.1, -0.05) is 12.1 Å². The number of nitrogens with one attached hydrogen (secondary N) is 1. The Morgan fingerprint density at radius 1 is 1.50 bits per heavy atom. The van der Waals surface area contributed by atoms with E-state index in [0.29, 0.717) is 18.8 Å². The maximum atomic E-state index is 12.4. The fourth-order valence-corrected chi connectivity index (χ4v) is 2.30. The van der Waals surface area contributed by atoms with Crippen LogP contribution in [0.1, 0.15) is 6.42 Å². The van der Waals surface area contributed by atoms with Gasteiger partial charge in [-0.05, 0) is 18.6 Å². The summed E-state index contributed by atoms with van der Waals surface area (Å²) in [4.78, 5) is 13.2. The summed E-state index contributed by atoms with van der Waals surface area (Å²) in [7, 11) is 0. The van der Waals surface area contributed by atoms with Crippen LogP contribution in [-0.4, -0.2) is 38.2 Å². The van der Waals surface area contributed by atoms with Gasteiger partial charge in [0.2, 0.25) is 5.91 Å². The topological polar surface area (TPSA) is 67.6 Å². The van der Waals surface area contributed by atoms with Crippen LogP contribution in [0.4, 0.5) is 14.5 Å². The van der Waals surface area contributed by atoms with Crippen molar-refractivity contribution < 1.29 is 18.3 Å². The van der Waals surface area contributed by atoms with Gasteiger partial charge in [0.1, 0.15) is 5.75 Å². The molecule has 1 saturated heterocycles. The lowest BCUT2D eigenvalue weighted by atomic mass is 10.2. The van der Waals surface area contributed by atoms with Crippen LogP contribution in [0.2, 0.25) is 0 Å². The minimum atomic E-state index is -2.86. The van der Waals surface area contributed by atoms with Gasteiger partial charge in [-0.15, -0.1) is 0 Å². The van der Waals surface area contributed by atoms with Crippen molar-refractivity contribution in [3.05, 3.63) is 24.3 Å². The zero-order valence-electron chi connectivity index (χ0n) is 10.9. The number of amides is 1. The highest BCUT2D eigenvalue weighted by Gasteiger charge is 2.26. The number of anilines is 1. The highest BCUT2D eigenvalue weighted by atomic mass is 19.3. The van der Waals surface area contributed by atoms with Crippen molar-refractivity contribution in [1.29, 1.82) is 0 Å². The average Bonchev–Trinajstić information content (AvgIpc) is 2.87. The maximum absolute atomic E-state index is 12.4. The number of nitrogens with zero attached hydrogens (tertiary/aromatic N) is 1. The molecule has 0 saturated carbocycles. The number of carbonyl (C=O) groups is 1. The number of carbonyl (C=O) groups excluding carboxylic acids is 1. The maximum Gasteiger partial charge on any atom is 0.387 e. The quantitative estimate of drug-likeness (QED) is 0.845. The number of benzene rings is 1. The zero-order chi connectivity index (χ0) is 14.5. The van der Waals surface area contributed by atoms with Crippen LogP contribution in [-0.2, 0) is 4.79 Å². The first-order valence-corrected chi connectivity index (χ1v) is 6.38. The Kier molecular flexibility index (Phi) is 4.73. The molecule has 1 aliphatic heterocycles. The summed E-state index contributed by atoms with van der Waals surface area (Å²) in [6, 6.07) is 6.62. The normalized spacial score (nSPS) is 18.4. The summed E-state index contributed by atoms with van der Waals surface area (Å²) in [5.41, 5.74) is 5.85. The van der Waals surface area contributed by atoms with Gasteiger partial charge in [0.05, 0.1) is 12.2 Å². The molecule has 5 nitrogen and oxygen atoms in total. The van der Waals surface area contributed by atoms with Crippen LogP contribution >= 0.6 is 0 Å². The molecule has 1 unspecified atom stereocenters. The van der Waals surface area contributed by atoms with Gasteiger partial charge in [0.25, 0.3) is 0 Å². The molecule has 110 valence electrons. The van der Waals surface area contributed by atoms with Crippen molar-refractivity contribution in [3.8, 4) is 5.75 Å². The second-order valence-corrected chi connectivity index (χ2v) is 4.55. The molecule has 1 fully saturated rings. The Bertz CT molecular complexity index is 471. The van der Waals surface area contributed by atoms with Crippen molar-refractivity contribution in [1.82, 2.24) is 5.32 Å². The predicted molar refractivity (Wildman–Crippen MR) is 70.9 cm³/mol. The number of hydrogen-bond donors (Lipinski definition) is 2. The molecule has 0 aliphatic carbocycles. The molecule has 0 bridgehead atoms. The molecule has 0 radical (unpaired) electrons. The molecule has 1 atom stereocenters. The van der Waals surface area contributed by atoms with E-state index in [0.717, 1.165) is 6.42 Å². The van der Waals surface area contributed by atoms with Gasteiger partial charge in [0.15, 0.2) is 0 Å². The van der Waals surface area contributed by atoms with Gasteiger partial charge >= 0.3 is 6.61 Å². The fraction of sp³-hybridized carbons (Fsp3) is 0.462. The first-order chi connectivity index (χ1) is 9.60. The minimum absolute atomic E-state index is 0.0225. The number of halogens is 2. The first kappa shape index (κ1) is 14.5. The van der Waals surface area contributed by atoms with E-state index < -0.39 is 6.61 Å². The van der Waals surface area contributed by atoms with E-state index >= 15 is 0 Å². The average molecular weight is 285 g/mol. The smallest absolute Gasteiger partial charge is 0.387 e. The number of nitrogens with two attached hydrogens (primary N) is 1. The summed E-state index contributed by atoms with van der Waals surface area (Å²) < 4.78 is 29.3. The van der Waals surface area contributed by atoms with E-state index in [9.17, 15) is 13.6 Å². The Morgan fingerprint density at radius 2 is 2.25 bits per heavy atom. The SMILES string of the molecule is NCC(=O)NC1CCN(c2ccccc2OC(F)F)C1. The third kappa shape index (κ3) is 3.57. The summed E-state index contributed by atoms with van der Waals surface area (Å²) >= 11 is 0. The van der Waals surface area contributed by atoms with Crippen LogP contribution in [0.5, 0.6) is 5.75 Å². The molecule has 1 aromatic carbocycles. The monoisotopic (exact) mass is 285 g/mol. The van der Waals surface area contributed by atoms with Crippen molar-refractivity contribution >= 4 is 11.6 Å². The van der Waals surface area contributed by atoms with Gasteiger partial charge < -0.3 is 20.7 Å². The van der Waals surface area contributed by atoms with Crippen molar-refractivity contribution in [3.63, 3.8) is 0 Å². The minimum Gasteiger partial charge on any atom is -0.433 e. The van der Waals surface area contributed by atoms with Crippen LogP contribution in [0.25, 0.3) is 0 Å². The van der Waals surface area contributed by atoms with Crippen LogP contribution in [0, 0.1) is 0 Å². The van der Waals surface area contributed by atoms with Crippen molar-refractivity contribution in [2.45, 2.75) is 19.1 Å². The molecule has 0 aromatic heterocycles. The predicted octanol–water partition coefficient (Wildman–Crippen LogP) is 0.942. The Balaban J connectivity index is 2.04. The number of alkyl halides is 2. The fourth-order valence-electron chi connectivity index (χ4n) is 2.30. The molecule has 1 amide bonds.